The first-order valence-corrected chi connectivity index (χ1v) is 24.0. The van der Waals surface area contributed by atoms with Crippen LogP contribution in [0.15, 0.2) is 224 Å². The zero-order valence-corrected chi connectivity index (χ0v) is 38.4. The summed E-state index contributed by atoms with van der Waals surface area (Å²) in [6, 6.07) is 76.5. The lowest BCUT2D eigenvalue weighted by molar-refractivity contribution is 0.794. The molecule has 1 spiro atoms. The molecule has 4 nitrogen and oxygen atoms in total. The normalized spacial score (nSPS) is 13.7. The third-order valence-electron chi connectivity index (χ3n) is 14.7. The second-order valence-electron chi connectivity index (χ2n) is 18.4. The number of allylic oxidation sites excluding steroid dienone is 4. The van der Waals surface area contributed by atoms with Gasteiger partial charge in [0.25, 0.3) is 0 Å². The maximum atomic E-state index is 5.16. The van der Waals surface area contributed by atoms with Crippen LogP contribution in [0.2, 0.25) is 0 Å². The summed E-state index contributed by atoms with van der Waals surface area (Å²) in [7, 11) is 0. The first-order valence-electron chi connectivity index (χ1n) is 24.0. The molecule has 0 saturated heterocycles. The highest BCUT2D eigenvalue weighted by molar-refractivity contribution is 6.17. The molecule has 326 valence electrons. The lowest BCUT2D eigenvalue weighted by Crippen LogP contribution is -2.25. The van der Waals surface area contributed by atoms with Gasteiger partial charge in [-0.05, 0) is 92.9 Å². The van der Waals surface area contributed by atoms with Gasteiger partial charge in [0.1, 0.15) is 0 Å². The molecule has 0 amide bonds. The van der Waals surface area contributed by atoms with Crippen molar-refractivity contribution in [1.29, 1.82) is 0 Å². The van der Waals surface area contributed by atoms with Crippen LogP contribution in [0.25, 0.3) is 95.1 Å². The molecular formula is C66H42N4. The Balaban J connectivity index is 0.960. The number of para-hydroxylation sites is 1. The fraction of sp³-hybridized carbons (Fsp3) is 0.0455. The molecule has 4 heteroatoms. The van der Waals surface area contributed by atoms with Gasteiger partial charge >= 0.3 is 0 Å². The SMILES string of the molecule is Cc1cccc(-c2nc(-c3ccccc3)nc(-c3ccccc3)n2)c1C1=CC(c2ccc3c(c2)c2ccc4c(c2n3-c2ccccc2)-c2ccccc2C42c3ccccc3-c3ccccc32)=CCC#C1. The van der Waals surface area contributed by atoms with Crippen molar-refractivity contribution in [1.82, 2.24) is 19.5 Å². The largest absolute Gasteiger partial charge is 0.309 e. The van der Waals surface area contributed by atoms with Gasteiger partial charge in [0.2, 0.25) is 0 Å². The van der Waals surface area contributed by atoms with E-state index in [1.165, 1.54) is 60.8 Å². The Bertz CT molecular complexity index is 3990. The summed E-state index contributed by atoms with van der Waals surface area (Å²) in [5, 5.41) is 2.43. The van der Waals surface area contributed by atoms with Crippen molar-refractivity contribution in [2.75, 3.05) is 0 Å². The number of nitrogens with zero attached hydrogens (tertiary/aromatic N) is 4. The van der Waals surface area contributed by atoms with Crippen LogP contribution < -0.4 is 0 Å². The molecule has 11 aromatic rings. The van der Waals surface area contributed by atoms with E-state index >= 15 is 0 Å². The molecule has 9 aromatic carbocycles. The number of hydrogen-bond donors (Lipinski definition) is 0. The Kier molecular flexibility index (Phi) is 8.96. The van der Waals surface area contributed by atoms with E-state index < -0.39 is 5.41 Å². The second kappa shape index (κ2) is 15.7. The molecule has 0 aliphatic heterocycles. The molecule has 0 bridgehead atoms. The van der Waals surface area contributed by atoms with E-state index in [0.29, 0.717) is 23.9 Å². The molecule has 0 fully saturated rings. The molecule has 0 radical (unpaired) electrons. The van der Waals surface area contributed by atoms with Gasteiger partial charge in [-0.25, -0.2) is 15.0 Å². The Morgan fingerprint density at radius 1 is 0.457 bits per heavy atom. The fourth-order valence-electron chi connectivity index (χ4n) is 11.7. The topological polar surface area (TPSA) is 43.6 Å². The predicted molar refractivity (Wildman–Crippen MR) is 286 cm³/mol. The van der Waals surface area contributed by atoms with Gasteiger partial charge in [0.05, 0.1) is 16.4 Å². The van der Waals surface area contributed by atoms with E-state index in [0.717, 1.165) is 55.7 Å². The minimum Gasteiger partial charge on any atom is -0.309 e. The van der Waals surface area contributed by atoms with Crippen LogP contribution in [0.4, 0.5) is 0 Å². The van der Waals surface area contributed by atoms with E-state index in [-0.39, 0.29) is 0 Å². The molecule has 3 aliphatic carbocycles. The maximum absolute atomic E-state index is 5.16. The number of aromatic nitrogens is 4. The lowest BCUT2D eigenvalue weighted by Gasteiger charge is -2.30. The Morgan fingerprint density at radius 3 is 1.70 bits per heavy atom. The van der Waals surface area contributed by atoms with Crippen molar-refractivity contribution in [3.63, 3.8) is 0 Å². The first kappa shape index (κ1) is 39.9. The van der Waals surface area contributed by atoms with Gasteiger partial charge in [-0.3, -0.25) is 0 Å². The average molecular weight is 891 g/mol. The third kappa shape index (κ3) is 5.89. The summed E-state index contributed by atoms with van der Waals surface area (Å²) >= 11 is 0. The predicted octanol–water partition coefficient (Wildman–Crippen LogP) is 15.5. The van der Waals surface area contributed by atoms with E-state index in [2.05, 4.69) is 187 Å². The number of fused-ring (bicyclic) bond motifs is 14. The summed E-state index contributed by atoms with van der Waals surface area (Å²) < 4.78 is 2.50. The maximum Gasteiger partial charge on any atom is 0.164 e. The summed E-state index contributed by atoms with van der Waals surface area (Å²) in [4.78, 5) is 15.3. The average Bonchev–Trinajstić information content (AvgIpc) is 3.94. The molecule has 0 atom stereocenters. The highest BCUT2D eigenvalue weighted by Crippen LogP contribution is 2.64. The van der Waals surface area contributed by atoms with Crippen LogP contribution >= 0.6 is 0 Å². The van der Waals surface area contributed by atoms with Gasteiger partial charge in [0.15, 0.2) is 17.5 Å². The number of hydrogen-bond acceptors (Lipinski definition) is 3. The molecule has 2 heterocycles. The van der Waals surface area contributed by atoms with Crippen LogP contribution in [0.5, 0.6) is 0 Å². The smallest absolute Gasteiger partial charge is 0.164 e. The Morgan fingerprint density at radius 2 is 1.03 bits per heavy atom. The number of benzene rings is 9. The lowest BCUT2D eigenvalue weighted by atomic mass is 9.70. The van der Waals surface area contributed by atoms with Crippen LogP contribution in [-0.2, 0) is 5.41 Å². The van der Waals surface area contributed by atoms with Gasteiger partial charge in [0, 0.05) is 56.3 Å². The summed E-state index contributed by atoms with van der Waals surface area (Å²) in [5.41, 5.74) is 21.7. The molecule has 3 aliphatic rings. The van der Waals surface area contributed by atoms with E-state index in [1.54, 1.807) is 0 Å². The van der Waals surface area contributed by atoms with E-state index in [1.807, 2.05) is 60.7 Å². The highest BCUT2D eigenvalue weighted by atomic mass is 15.0. The summed E-state index contributed by atoms with van der Waals surface area (Å²) in [6.07, 6.45) is 5.16. The van der Waals surface area contributed by atoms with Crippen molar-refractivity contribution in [3.8, 4) is 73.9 Å². The summed E-state index contributed by atoms with van der Waals surface area (Å²) in [6.45, 7) is 2.15. The van der Waals surface area contributed by atoms with Crippen molar-refractivity contribution in [2.24, 2.45) is 0 Å². The monoisotopic (exact) mass is 890 g/mol. The molecule has 14 rings (SSSR count). The zero-order chi connectivity index (χ0) is 46.3. The third-order valence-corrected chi connectivity index (χ3v) is 14.7. The zero-order valence-electron chi connectivity index (χ0n) is 38.4. The van der Waals surface area contributed by atoms with Crippen LogP contribution in [0, 0.1) is 18.8 Å². The Hall–Kier alpha value is -9.17. The molecule has 0 unspecified atom stereocenters. The van der Waals surface area contributed by atoms with Crippen LogP contribution in [0.1, 0.15) is 45.4 Å². The quantitative estimate of drug-likeness (QED) is 0.156. The van der Waals surface area contributed by atoms with Gasteiger partial charge < -0.3 is 4.57 Å². The minimum absolute atomic E-state index is 0.440. The standard InChI is InChI=1S/C66H42N4/c1-42-20-19-32-53(65-68-63(43-21-5-2-6-22-43)67-64(69-65)44-23-7-3-8-24-44)60(42)47-26-12-11-25-45(40-47)46-36-39-59-54(41-46)51-37-38-58-61(62(51)70(59)48-27-9-4-10-28-48)52-31-15-18-35-57(52)66(58)55-33-16-13-29-49(55)50-30-14-17-34-56(50)66/h2-10,13-25,27-41H,11H2,1H3. The van der Waals surface area contributed by atoms with Crippen LogP contribution in [0.3, 0.4) is 0 Å². The van der Waals surface area contributed by atoms with Gasteiger partial charge in [-0.15, -0.1) is 0 Å². The Labute approximate surface area is 406 Å². The molecule has 0 saturated carbocycles. The summed E-state index contributed by atoms with van der Waals surface area (Å²) in [5.74, 6) is 8.95. The number of aryl methyl sites for hydroxylation is 1. The van der Waals surface area contributed by atoms with Crippen molar-refractivity contribution < 1.29 is 0 Å². The molecule has 70 heavy (non-hydrogen) atoms. The van der Waals surface area contributed by atoms with E-state index in [4.69, 9.17) is 15.0 Å². The molecule has 2 aromatic heterocycles. The number of rotatable bonds is 6. The van der Waals surface area contributed by atoms with Crippen molar-refractivity contribution in [3.05, 3.63) is 263 Å². The van der Waals surface area contributed by atoms with Gasteiger partial charge in [-0.2, -0.15) is 0 Å². The van der Waals surface area contributed by atoms with Crippen LogP contribution in [-0.4, -0.2) is 19.5 Å². The highest BCUT2D eigenvalue weighted by Gasteiger charge is 2.52. The van der Waals surface area contributed by atoms with Crippen molar-refractivity contribution in [2.45, 2.75) is 18.8 Å². The molecular weight excluding hydrogens is 849 g/mol. The molecule has 0 N–H and O–H groups in total. The van der Waals surface area contributed by atoms with E-state index in [9.17, 15) is 0 Å². The minimum atomic E-state index is -0.440. The second-order valence-corrected chi connectivity index (χ2v) is 18.4. The first-order chi connectivity index (χ1) is 34.6. The van der Waals surface area contributed by atoms with Gasteiger partial charge in [-0.1, -0.05) is 206 Å². The van der Waals surface area contributed by atoms with Crippen molar-refractivity contribution >= 4 is 33.0 Å². The fourth-order valence-corrected chi connectivity index (χ4v) is 11.7.